The molecule has 2 aliphatic rings. The topological polar surface area (TPSA) is 75.4 Å². The molecule has 1 heterocycles. The molecule has 5 nitrogen and oxygen atoms in total. The second-order valence-electron chi connectivity index (χ2n) is 6.85. The summed E-state index contributed by atoms with van der Waals surface area (Å²) in [7, 11) is 0. The molecule has 0 spiro atoms. The molecule has 3 rings (SSSR count). The van der Waals surface area contributed by atoms with Gasteiger partial charge in [0.15, 0.2) is 5.89 Å². The minimum Gasteiger partial charge on any atom is -0.449 e. The molecule has 122 valence electrons. The molecule has 2 fully saturated rings. The molecule has 1 aromatic rings. The molecular weight excluding hydrogens is 280 g/mol. The van der Waals surface area contributed by atoms with Crippen molar-refractivity contribution in [3.8, 4) is 0 Å². The first-order valence-electron chi connectivity index (χ1n) is 8.54. The van der Waals surface area contributed by atoms with Crippen LogP contribution in [-0.4, -0.2) is 21.6 Å². The van der Waals surface area contributed by atoms with Crippen molar-refractivity contribution < 1.29 is 14.3 Å². The molecule has 0 bridgehead atoms. The molecule has 0 saturated heterocycles. The van der Waals surface area contributed by atoms with Crippen LogP contribution in [0.25, 0.3) is 0 Å². The van der Waals surface area contributed by atoms with E-state index in [1.54, 1.807) is 6.26 Å². The average Bonchev–Trinajstić information content (AvgIpc) is 2.98. The van der Waals surface area contributed by atoms with Gasteiger partial charge in [-0.05, 0) is 31.6 Å². The molecule has 2 N–H and O–H groups in total. The molecule has 0 unspecified atom stereocenters. The summed E-state index contributed by atoms with van der Waals surface area (Å²) in [6, 6.07) is 0. The Morgan fingerprint density at radius 2 is 2.14 bits per heavy atom. The Balaban J connectivity index is 1.44. The summed E-state index contributed by atoms with van der Waals surface area (Å²) in [5.74, 6) is 1.07. The number of oxazole rings is 1. The summed E-state index contributed by atoms with van der Waals surface area (Å²) >= 11 is 0. The van der Waals surface area contributed by atoms with Crippen LogP contribution in [-0.2, 0) is 17.8 Å². The standard InChI is InChI=1S/C17H26N2O3/c1-2-15-19-14(11-22-15)10-18-16(20)12-8-17(21,9-12)13-6-4-3-5-7-13/h11-13,21H,2-10H2,1H3,(H,18,20). The maximum atomic E-state index is 12.2. The van der Waals surface area contributed by atoms with Gasteiger partial charge in [-0.2, -0.15) is 0 Å². The average molecular weight is 306 g/mol. The molecule has 0 aromatic carbocycles. The molecule has 0 aliphatic heterocycles. The number of amides is 1. The van der Waals surface area contributed by atoms with Gasteiger partial charge in [-0.25, -0.2) is 4.98 Å². The second kappa shape index (κ2) is 6.41. The van der Waals surface area contributed by atoms with Gasteiger partial charge in [0.05, 0.1) is 17.8 Å². The number of nitrogens with zero attached hydrogens (tertiary/aromatic N) is 1. The van der Waals surface area contributed by atoms with E-state index in [4.69, 9.17) is 4.42 Å². The van der Waals surface area contributed by atoms with Gasteiger partial charge in [0.1, 0.15) is 6.26 Å². The predicted molar refractivity (Wildman–Crippen MR) is 82.0 cm³/mol. The Bertz CT molecular complexity index is 514. The van der Waals surface area contributed by atoms with Gasteiger partial charge < -0.3 is 14.8 Å². The first-order valence-corrected chi connectivity index (χ1v) is 8.54. The van der Waals surface area contributed by atoms with E-state index in [1.807, 2.05) is 6.92 Å². The molecule has 5 heteroatoms. The van der Waals surface area contributed by atoms with Gasteiger partial charge in [-0.15, -0.1) is 0 Å². The van der Waals surface area contributed by atoms with E-state index in [9.17, 15) is 9.90 Å². The fourth-order valence-electron chi connectivity index (χ4n) is 3.87. The number of hydrogen-bond acceptors (Lipinski definition) is 4. The van der Waals surface area contributed by atoms with Crippen LogP contribution in [0.2, 0.25) is 0 Å². The number of aliphatic hydroxyl groups is 1. The molecule has 1 aromatic heterocycles. The van der Waals surface area contributed by atoms with Gasteiger partial charge in [0.2, 0.25) is 5.91 Å². The zero-order valence-corrected chi connectivity index (χ0v) is 13.3. The lowest BCUT2D eigenvalue weighted by Gasteiger charge is -2.49. The van der Waals surface area contributed by atoms with E-state index >= 15 is 0 Å². The quantitative estimate of drug-likeness (QED) is 0.876. The van der Waals surface area contributed by atoms with Gasteiger partial charge in [0, 0.05) is 12.3 Å². The molecular formula is C17H26N2O3. The largest absolute Gasteiger partial charge is 0.449 e. The summed E-state index contributed by atoms with van der Waals surface area (Å²) in [6.07, 6.45) is 9.53. The number of carbonyl (C=O) groups is 1. The van der Waals surface area contributed by atoms with Crippen LogP contribution in [0.5, 0.6) is 0 Å². The zero-order valence-electron chi connectivity index (χ0n) is 13.3. The van der Waals surface area contributed by atoms with Crippen LogP contribution < -0.4 is 5.32 Å². The highest BCUT2D eigenvalue weighted by atomic mass is 16.3. The van der Waals surface area contributed by atoms with Crippen LogP contribution in [0.15, 0.2) is 10.7 Å². The summed E-state index contributed by atoms with van der Waals surface area (Å²) in [5, 5.41) is 13.6. The third-order valence-corrected chi connectivity index (χ3v) is 5.28. The second-order valence-corrected chi connectivity index (χ2v) is 6.85. The van der Waals surface area contributed by atoms with Crippen LogP contribution in [0, 0.1) is 11.8 Å². The van der Waals surface area contributed by atoms with Crippen molar-refractivity contribution in [2.75, 3.05) is 0 Å². The maximum Gasteiger partial charge on any atom is 0.223 e. The number of hydrogen-bond donors (Lipinski definition) is 2. The van der Waals surface area contributed by atoms with Gasteiger partial charge >= 0.3 is 0 Å². The van der Waals surface area contributed by atoms with E-state index in [-0.39, 0.29) is 11.8 Å². The monoisotopic (exact) mass is 306 g/mol. The summed E-state index contributed by atoms with van der Waals surface area (Å²) in [6.45, 7) is 2.38. The fraction of sp³-hybridized carbons (Fsp3) is 0.765. The van der Waals surface area contributed by atoms with Crippen molar-refractivity contribution >= 4 is 5.91 Å². The third kappa shape index (κ3) is 3.19. The molecule has 0 atom stereocenters. The summed E-state index contributed by atoms with van der Waals surface area (Å²) < 4.78 is 5.26. The Morgan fingerprint density at radius 1 is 1.41 bits per heavy atom. The third-order valence-electron chi connectivity index (χ3n) is 5.28. The lowest BCUT2D eigenvalue weighted by molar-refractivity contribution is -0.154. The Labute approximate surface area is 131 Å². The summed E-state index contributed by atoms with van der Waals surface area (Å²) in [5.41, 5.74) is 0.165. The first-order chi connectivity index (χ1) is 10.6. The van der Waals surface area contributed by atoms with E-state index in [1.165, 1.54) is 19.3 Å². The number of aromatic nitrogens is 1. The van der Waals surface area contributed by atoms with Crippen LogP contribution in [0.1, 0.15) is 63.5 Å². The van der Waals surface area contributed by atoms with Crippen LogP contribution >= 0.6 is 0 Å². The highest BCUT2D eigenvalue weighted by molar-refractivity contribution is 5.79. The smallest absolute Gasteiger partial charge is 0.223 e. The van der Waals surface area contributed by atoms with Crippen molar-refractivity contribution in [3.05, 3.63) is 17.8 Å². The van der Waals surface area contributed by atoms with Gasteiger partial charge in [-0.1, -0.05) is 26.2 Å². The number of carbonyl (C=O) groups excluding carboxylic acids is 1. The molecule has 2 aliphatic carbocycles. The minimum absolute atomic E-state index is 0.0292. The molecule has 2 saturated carbocycles. The van der Waals surface area contributed by atoms with Crippen molar-refractivity contribution in [1.29, 1.82) is 0 Å². The van der Waals surface area contributed by atoms with Crippen LogP contribution in [0.4, 0.5) is 0 Å². The lowest BCUT2D eigenvalue weighted by Crippen LogP contribution is -2.54. The van der Waals surface area contributed by atoms with Gasteiger partial charge in [-0.3, -0.25) is 4.79 Å². The highest BCUT2D eigenvalue weighted by Crippen LogP contribution is 2.48. The van der Waals surface area contributed by atoms with E-state index in [0.29, 0.717) is 31.2 Å². The molecule has 0 radical (unpaired) electrons. The van der Waals surface area contributed by atoms with Crippen molar-refractivity contribution in [3.63, 3.8) is 0 Å². The fourth-order valence-corrected chi connectivity index (χ4v) is 3.87. The maximum absolute atomic E-state index is 12.2. The van der Waals surface area contributed by atoms with Crippen molar-refractivity contribution in [2.24, 2.45) is 11.8 Å². The lowest BCUT2D eigenvalue weighted by atomic mass is 9.61. The first kappa shape index (κ1) is 15.5. The van der Waals surface area contributed by atoms with E-state index in [2.05, 4.69) is 10.3 Å². The summed E-state index contributed by atoms with van der Waals surface area (Å²) in [4.78, 5) is 16.4. The van der Waals surface area contributed by atoms with Crippen molar-refractivity contribution in [2.45, 2.75) is 70.4 Å². The molecule has 22 heavy (non-hydrogen) atoms. The van der Waals surface area contributed by atoms with E-state index in [0.717, 1.165) is 25.0 Å². The highest BCUT2D eigenvalue weighted by Gasteiger charge is 2.50. The van der Waals surface area contributed by atoms with Gasteiger partial charge in [0.25, 0.3) is 0 Å². The number of nitrogens with one attached hydrogen (secondary N) is 1. The Kier molecular flexibility index (Phi) is 4.52. The normalized spacial score (nSPS) is 29.1. The predicted octanol–water partition coefficient (Wildman–Crippen LogP) is 2.57. The van der Waals surface area contributed by atoms with Crippen LogP contribution in [0.3, 0.4) is 0 Å². The Morgan fingerprint density at radius 3 is 2.77 bits per heavy atom. The molecule has 1 amide bonds. The zero-order chi connectivity index (χ0) is 15.6. The van der Waals surface area contributed by atoms with Crippen molar-refractivity contribution in [1.82, 2.24) is 10.3 Å². The Hall–Kier alpha value is -1.36. The van der Waals surface area contributed by atoms with E-state index < -0.39 is 5.60 Å². The number of aryl methyl sites for hydroxylation is 1. The minimum atomic E-state index is -0.592. The SMILES string of the molecule is CCc1nc(CNC(=O)C2CC(O)(C3CCCCC3)C2)co1. The number of rotatable bonds is 5.